The molecule has 1 saturated carbocycles. The topological polar surface area (TPSA) is 73.2 Å². The summed E-state index contributed by atoms with van der Waals surface area (Å²) < 4.78 is 6.78. The van der Waals surface area contributed by atoms with Crippen LogP contribution in [-0.4, -0.2) is 41.0 Å². The summed E-state index contributed by atoms with van der Waals surface area (Å²) in [5.74, 6) is -0.0994. The van der Waals surface area contributed by atoms with E-state index in [1.54, 1.807) is 29.9 Å². The summed E-state index contributed by atoms with van der Waals surface area (Å²) in [4.78, 5) is 30.4. The van der Waals surface area contributed by atoms with Crippen LogP contribution in [-0.2, 0) is 9.53 Å². The normalized spacial score (nSPS) is 16.2. The molecule has 1 aliphatic rings. The molecule has 28 heavy (non-hydrogen) atoms. The van der Waals surface area contributed by atoms with E-state index in [1.807, 2.05) is 6.92 Å². The van der Waals surface area contributed by atoms with Gasteiger partial charge in [-0.05, 0) is 38.0 Å². The average Bonchev–Trinajstić information content (AvgIpc) is 2.68. The number of methoxy groups -OCH3 is 1. The number of aromatic nitrogens is 2. The van der Waals surface area contributed by atoms with Crippen LogP contribution in [0.25, 0.3) is 10.9 Å². The maximum atomic E-state index is 13.3. The van der Waals surface area contributed by atoms with E-state index in [-0.39, 0.29) is 22.8 Å². The summed E-state index contributed by atoms with van der Waals surface area (Å²) in [6, 6.07) is 5.29. The molecule has 0 saturated heterocycles. The van der Waals surface area contributed by atoms with Crippen LogP contribution in [0.15, 0.2) is 28.2 Å². The zero-order valence-corrected chi connectivity index (χ0v) is 17.8. The first-order valence-electron chi connectivity index (χ1n) is 9.66. The van der Waals surface area contributed by atoms with Crippen LogP contribution in [0.1, 0.15) is 45.1 Å². The number of rotatable bonds is 7. The van der Waals surface area contributed by atoms with Crippen LogP contribution in [0.4, 0.5) is 0 Å². The zero-order chi connectivity index (χ0) is 20.1. The van der Waals surface area contributed by atoms with Gasteiger partial charge in [-0.25, -0.2) is 4.98 Å². The van der Waals surface area contributed by atoms with E-state index < -0.39 is 0 Å². The number of amides is 1. The molecular weight excluding hydrogens is 398 g/mol. The number of nitrogens with zero attached hydrogens (tertiary/aromatic N) is 2. The third kappa shape index (κ3) is 4.88. The molecular formula is C20H26ClN3O3S. The molecule has 1 fully saturated rings. The van der Waals surface area contributed by atoms with Gasteiger partial charge in [-0.3, -0.25) is 14.2 Å². The fourth-order valence-corrected chi connectivity index (χ4v) is 4.70. The second-order valence-electron chi connectivity index (χ2n) is 7.07. The van der Waals surface area contributed by atoms with Crippen LogP contribution < -0.4 is 10.9 Å². The SMILES string of the molecule is COCCNC(=O)[C@H](C)Sc1nc2cc(Cl)ccc2c(=O)n1C1CCCCC1. The van der Waals surface area contributed by atoms with E-state index in [2.05, 4.69) is 5.32 Å². The monoisotopic (exact) mass is 423 g/mol. The summed E-state index contributed by atoms with van der Waals surface area (Å²) in [5.41, 5.74) is 0.516. The average molecular weight is 424 g/mol. The molecule has 1 aromatic carbocycles. The Bertz CT molecular complexity index is 896. The fraction of sp³-hybridized carbons (Fsp3) is 0.550. The minimum absolute atomic E-state index is 0.0527. The van der Waals surface area contributed by atoms with Crippen molar-refractivity contribution in [1.29, 1.82) is 0 Å². The van der Waals surface area contributed by atoms with Gasteiger partial charge < -0.3 is 10.1 Å². The Hall–Kier alpha value is -1.57. The van der Waals surface area contributed by atoms with Crippen molar-refractivity contribution in [2.45, 2.75) is 55.5 Å². The lowest BCUT2D eigenvalue weighted by Crippen LogP contribution is -2.34. The van der Waals surface area contributed by atoms with Crippen molar-refractivity contribution in [3.8, 4) is 0 Å². The van der Waals surface area contributed by atoms with Gasteiger partial charge in [0.1, 0.15) is 0 Å². The number of benzene rings is 1. The van der Waals surface area contributed by atoms with E-state index in [1.165, 1.54) is 18.2 Å². The first-order valence-corrected chi connectivity index (χ1v) is 10.9. The number of hydrogen-bond donors (Lipinski definition) is 1. The van der Waals surface area contributed by atoms with E-state index in [4.69, 9.17) is 21.3 Å². The summed E-state index contributed by atoms with van der Waals surface area (Å²) >= 11 is 7.43. The molecule has 1 amide bonds. The van der Waals surface area contributed by atoms with Crippen molar-refractivity contribution in [3.63, 3.8) is 0 Å². The van der Waals surface area contributed by atoms with Gasteiger partial charge in [0.05, 0.1) is 22.8 Å². The molecule has 2 aromatic rings. The summed E-state index contributed by atoms with van der Waals surface area (Å²) in [6.07, 6.45) is 5.33. The molecule has 8 heteroatoms. The Morgan fingerprint density at radius 2 is 2.14 bits per heavy atom. The van der Waals surface area contributed by atoms with Crippen molar-refractivity contribution in [2.75, 3.05) is 20.3 Å². The molecule has 1 heterocycles. The Labute approximate surface area is 174 Å². The molecule has 0 bridgehead atoms. The van der Waals surface area contributed by atoms with Gasteiger partial charge in [-0.15, -0.1) is 0 Å². The third-order valence-corrected chi connectivity index (χ3v) is 6.33. The van der Waals surface area contributed by atoms with Crippen LogP contribution >= 0.6 is 23.4 Å². The molecule has 6 nitrogen and oxygen atoms in total. The number of hydrogen-bond acceptors (Lipinski definition) is 5. The van der Waals surface area contributed by atoms with Crippen LogP contribution in [0.5, 0.6) is 0 Å². The number of thioether (sulfide) groups is 1. The second-order valence-corrected chi connectivity index (χ2v) is 8.81. The largest absolute Gasteiger partial charge is 0.383 e. The number of carbonyl (C=O) groups excluding carboxylic acids is 1. The first-order chi connectivity index (χ1) is 13.5. The lowest BCUT2D eigenvalue weighted by molar-refractivity contribution is -0.120. The summed E-state index contributed by atoms with van der Waals surface area (Å²) in [6.45, 7) is 2.74. The Morgan fingerprint density at radius 1 is 1.39 bits per heavy atom. The molecule has 1 aliphatic carbocycles. The van der Waals surface area contributed by atoms with Gasteiger partial charge in [0, 0.05) is 24.7 Å². The number of ether oxygens (including phenoxy) is 1. The molecule has 1 atom stereocenters. The van der Waals surface area contributed by atoms with Gasteiger partial charge in [0.15, 0.2) is 5.16 Å². The predicted molar refractivity (Wildman–Crippen MR) is 113 cm³/mol. The van der Waals surface area contributed by atoms with E-state index >= 15 is 0 Å². The standard InChI is InChI=1S/C20H26ClN3O3S/c1-13(18(25)22-10-11-27-2)28-20-23-17-12-14(21)8-9-16(17)19(26)24(20)15-6-4-3-5-7-15/h8-9,12-13,15H,3-7,10-11H2,1-2H3,(H,22,25)/t13-/m0/s1. The number of carbonyl (C=O) groups is 1. The molecule has 0 unspecified atom stereocenters. The van der Waals surface area contributed by atoms with Gasteiger partial charge >= 0.3 is 0 Å². The maximum absolute atomic E-state index is 13.3. The Kier molecular flexibility index (Phi) is 7.37. The molecule has 3 rings (SSSR count). The molecule has 152 valence electrons. The molecule has 0 radical (unpaired) electrons. The molecule has 1 aromatic heterocycles. The molecule has 0 aliphatic heterocycles. The van der Waals surface area contributed by atoms with Gasteiger partial charge in [-0.2, -0.15) is 0 Å². The van der Waals surface area contributed by atoms with Crippen molar-refractivity contribution in [2.24, 2.45) is 0 Å². The lowest BCUT2D eigenvalue weighted by atomic mass is 9.95. The number of fused-ring (bicyclic) bond motifs is 1. The Balaban J connectivity index is 1.96. The summed E-state index contributed by atoms with van der Waals surface area (Å²) in [7, 11) is 1.59. The highest BCUT2D eigenvalue weighted by molar-refractivity contribution is 8.00. The van der Waals surface area contributed by atoms with Crippen molar-refractivity contribution >= 4 is 40.2 Å². The zero-order valence-electron chi connectivity index (χ0n) is 16.2. The highest BCUT2D eigenvalue weighted by atomic mass is 35.5. The third-order valence-electron chi connectivity index (χ3n) is 5.03. The smallest absolute Gasteiger partial charge is 0.262 e. The highest BCUT2D eigenvalue weighted by Crippen LogP contribution is 2.32. The van der Waals surface area contributed by atoms with Gasteiger partial charge in [0.2, 0.25) is 5.91 Å². The van der Waals surface area contributed by atoms with Gasteiger partial charge in [-0.1, -0.05) is 42.6 Å². The van der Waals surface area contributed by atoms with E-state index in [9.17, 15) is 9.59 Å². The van der Waals surface area contributed by atoms with Crippen molar-refractivity contribution < 1.29 is 9.53 Å². The minimum atomic E-state index is -0.379. The first kappa shape index (κ1) is 21.1. The maximum Gasteiger partial charge on any atom is 0.262 e. The van der Waals surface area contributed by atoms with E-state index in [0.717, 1.165) is 25.7 Å². The predicted octanol–water partition coefficient (Wildman–Crippen LogP) is 3.80. The second kappa shape index (κ2) is 9.76. The fourth-order valence-electron chi connectivity index (χ4n) is 3.53. The van der Waals surface area contributed by atoms with E-state index in [0.29, 0.717) is 34.2 Å². The molecule has 1 N–H and O–H groups in total. The van der Waals surface area contributed by atoms with Crippen LogP contribution in [0.2, 0.25) is 5.02 Å². The quantitative estimate of drug-likeness (QED) is 0.416. The highest BCUT2D eigenvalue weighted by Gasteiger charge is 2.24. The number of halogens is 1. The summed E-state index contributed by atoms with van der Waals surface area (Å²) in [5, 5.41) is 4.15. The minimum Gasteiger partial charge on any atom is -0.383 e. The van der Waals surface area contributed by atoms with Crippen molar-refractivity contribution in [3.05, 3.63) is 33.6 Å². The number of nitrogens with one attached hydrogen (secondary N) is 1. The van der Waals surface area contributed by atoms with Crippen molar-refractivity contribution in [1.82, 2.24) is 14.9 Å². The van der Waals surface area contributed by atoms with Crippen LogP contribution in [0.3, 0.4) is 0 Å². The molecule has 0 spiro atoms. The Morgan fingerprint density at radius 3 is 2.86 bits per heavy atom. The van der Waals surface area contributed by atoms with Gasteiger partial charge in [0.25, 0.3) is 5.56 Å². The lowest BCUT2D eigenvalue weighted by Gasteiger charge is -2.26. The van der Waals surface area contributed by atoms with Crippen LogP contribution in [0, 0.1) is 0 Å².